The van der Waals surface area contributed by atoms with Gasteiger partial charge in [-0.2, -0.15) is 0 Å². The Morgan fingerprint density at radius 2 is 1.90 bits per heavy atom. The number of nitrogens with one attached hydrogen (secondary N) is 1. The van der Waals surface area contributed by atoms with E-state index in [1.807, 2.05) is 24.8 Å². The Kier molecular flexibility index (Phi) is 6.39. The Morgan fingerprint density at radius 3 is 2.62 bits per heavy atom. The van der Waals surface area contributed by atoms with Crippen molar-refractivity contribution in [2.45, 2.75) is 19.4 Å². The number of hydrogen-bond donors (Lipinski definition) is 1. The molecule has 1 aliphatic rings. The minimum Gasteiger partial charge on any atom is -0.493 e. The highest BCUT2D eigenvalue weighted by Gasteiger charge is 2.34. The van der Waals surface area contributed by atoms with Crippen LogP contribution in [0.4, 0.5) is 5.69 Å². The summed E-state index contributed by atoms with van der Waals surface area (Å²) < 4.78 is 16.2. The molecule has 0 unspecified atom stereocenters. The molecule has 1 fully saturated rings. The summed E-state index contributed by atoms with van der Waals surface area (Å²) in [5.74, 6) is 0.636. The highest BCUT2D eigenvalue weighted by molar-refractivity contribution is 5.97. The van der Waals surface area contributed by atoms with E-state index in [2.05, 4.69) is 5.32 Å². The molecule has 3 rings (SSSR count). The molecule has 7 nitrogen and oxygen atoms in total. The lowest BCUT2D eigenvalue weighted by Gasteiger charge is -2.42. The largest absolute Gasteiger partial charge is 0.493 e. The molecule has 1 N–H and O–H groups in total. The zero-order chi connectivity index (χ0) is 20.9. The number of ether oxygens (including phenoxy) is 3. The first-order valence-corrected chi connectivity index (χ1v) is 9.46. The Morgan fingerprint density at radius 1 is 1.14 bits per heavy atom. The number of benzene rings is 2. The number of para-hydroxylation sites is 2. The third-order valence-corrected chi connectivity index (χ3v) is 4.71. The van der Waals surface area contributed by atoms with Crippen molar-refractivity contribution in [2.75, 3.05) is 38.8 Å². The molecule has 2 amide bonds. The number of morpholine rings is 1. The molecule has 1 aliphatic heterocycles. The second-order valence-electron chi connectivity index (χ2n) is 7.39. The summed E-state index contributed by atoms with van der Waals surface area (Å²) in [6.45, 7) is 5.33. The van der Waals surface area contributed by atoms with E-state index in [4.69, 9.17) is 14.2 Å². The van der Waals surface area contributed by atoms with Crippen molar-refractivity contribution in [1.29, 1.82) is 0 Å². The Labute approximate surface area is 170 Å². The van der Waals surface area contributed by atoms with E-state index in [0.29, 0.717) is 42.5 Å². The van der Waals surface area contributed by atoms with Gasteiger partial charge in [0.15, 0.2) is 18.1 Å². The molecule has 0 saturated carbocycles. The van der Waals surface area contributed by atoms with E-state index in [-0.39, 0.29) is 24.0 Å². The Bertz CT molecular complexity index is 881. The molecule has 1 heterocycles. The molecular formula is C22H26N2O5. The van der Waals surface area contributed by atoms with Crippen LogP contribution in [-0.4, -0.2) is 55.7 Å². The topological polar surface area (TPSA) is 77.1 Å². The minimum atomic E-state index is -0.378. The van der Waals surface area contributed by atoms with Gasteiger partial charge in [-0.25, -0.2) is 0 Å². The molecule has 2 aromatic carbocycles. The van der Waals surface area contributed by atoms with E-state index in [9.17, 15) is 9.59 Å². The maximum absolute atomic E-state index is 13.0. The fraction of sp³-hybridized carbons (Fsp3) is 0.364. The zero-order valence-electron chi connectivity index (χ0n) is 16.9. The first-order valence-electron chi connectivity index (χ1n) is 9.46. The van der Waals surface area contributed by atoms with Crippen LogP contribution in [0.2, 0.25) is 0 Å². The molecule has 0 aromatic heterocycles. The molecule has 1 saturated heterocycles. The predicted molar refractivity (Wildman–Crippen MR) is 109 cm³/mol. The van der Waals surface area contributed by atoms with Gasteiger partial charge in [0.25, 0.3) is 11.8 Å². The van der Waals surface area contributed by atoms with Gasteiger partial charge in [0.1, 0.15) is 0 Å². The Hall–Kier alpha value is -3.06. The minimum absolute atomic E-state index is 0.0836. The molecule has 0 atom stereocenters. The van der Waals surface area contributed by atoms with Crippen LogP contribution in [0.15, 0.2) is 48.5 Å². The van der Waals surface area contributed by atoms with Gasteiger partial charge in [-0.3, -0.25) is 9.59 Å². The van der Waals surface area contributed by atoms with Crippen LogP contribution in [0, 0.1) is 0 Å². The van der Waals surface area contributed by atoms with Crippen molar-refractivity contribution < 1.29 is 23.8 Å². The second kappa shape index (κ2) is 8.96. The average Bonchev–Trinajstić information content (AvgIpc) is 2.72. The van der Waals surface area contributed by atoms with E-state index in [1.165, 1.54) is 0 Å². The first-order chi connectivity index (χ1) is 13.9. The summed E-state index contributed by atoms with van der Waals surface area (Å²) >= 11 is 0. The van der Waals surface area contributed by atoms with Gasteiger partial charge in [0, 0.05) is 17.8 Å². The standard InChI is InChI=1S/C22H26N2O5/c1-22(2)15-28-12-11-24(22)21(26)16-7-6-8-17(13-16)23-20(25)14-29-19-10-5-4-9-18(19)27-3/h4-10,13H,11-12,14-15H2,1-3H3,(H,23,25). The number of hydrogen-bond acceptors (Lipinski definition) is 5. The van der Waals surface area contributed by atoms with E-state index in [1.54, 1.807) is 49.6 Å². The maximum Gasteiger partial charge on any atom is 0.262 e. The number of carbonyl (C=O) groups excluding carboxylic acids is 2. The van der Waals surface area contributed by atoms with Gasteiger partial charge in [-0.05, 0) is 44.2 Å². The quantitative estimate of drug-likeness (QED) is 0.810. The second-order valence-corrected chi connectivity index (χ2v) is 7.39. The summed E-state index contributed by atoms with van der Waals surface area (Å²) in [7, 11) is 1.54. The summed E-state index contributed by atoms with van der Waals surface area (Å²) in [5, 5.41) is 2.77. The van der Waals surface area contributed by atoms with Gasteiger partial charge in [-0.1, -0.05) is 18.2 Å². The predicted octanol–water partition coefficient (Wildman–Crippen LogP) is 2.96. The molecule has 0 bridgehead atoms. The molecule has 2 aromatic rings. The summed E-state index contributed by atoms with van der Waals surface area (Å²) in [6.07, 6.45) is 0. The van der Waals surface area contributed by atoms with Crippen LogP contribution in [0.5, 0.6) is 11.5 Å². The summed E-state index contributed by atoms with van der Waals surface area (Å²) in [4.78, 5) is 27.0. The van der Waals surface area contributed by atoms with E-state index < -0.39 is 0 Å². The van der Waals surface area contributed by atoms with Crippen LogP contribution in [0.25, 0.3) is 0 Å². The van der Waals surface area contributed by atoms with Crippen molar-refractivity contribution in [3.8, 4) is 11.5 Å². The van der Waals surface area contributed by atoms with Gasteiger partial charge >= 0.3 is 0 Å². The molecule has 154 valence electrons. The van der Waals surface area contributed by atoms with Crippen molar-refractivity contribution in [1.82, 2.24) is 4.90 Å². The van der Waals surface area contributed by atoms with Gasteiger partial charge in [0.05, 0.1) is 25.9 Å². The third kappa shape index (κ3) is 5.06. The first kappa shape index (κ1) is 20.7. The van der Waals surface area contributed by atoms with Crippen LogP contribution in [0.1, 0.15) is 24.2 Å². The van der Waals surface area contributed by atoms with Gasteiger partial charge < -0.3 is 24.4 Å². The van der Waals surface area contributed by atoms with Crippen LogP contribution < -0.4 is 14.8 Å². The average molecular weight is 398 g/mol. The lowest BCUT2D eigenvalue weighted by molar-refractivity contribution is -0.118. The zero-order valence-corrected chi connectivity index (χ0v) is 16.9. The smallest absolute Gasteiger partial charge is 0.262 e. The van der Waals surface area contributed by atoms with Crippen LogP contribution in [0.3, 0.4) is 0 Å². The number of carbonyl (C=O) groups is 2. The number of nitrogens with zero attached hydrogens (tertiary/aromatic N) is 1. The van der Waals surface area contributed by atoms with Crippen molar-refractivity contribution in [3.63, 3.8) is 0 Å². The van der Waals surface area contributed by atoms with Crippen molar-refractivity contribution >= 4 is 17.5 Å². The number of methoxy groups -OCH3 is 1. The lowest BCUT2D eigenvalue weighted by Crippen LogP contribution is -2.55. The summed E-state index contributed by atoms with van der Waals surface area (Å²) in [5.41, 5.74) is 0.677. The normalized spacial score (nSPS) is 15.5. The summed E-state index contributed by atoms with van der Waals surface area (Å²) in [6, 6.07) is 14.0. The van der Waals surface area contributed by atoms with Crippen molar-refractivity contribution in [2.24, 2.45) is 0 Å². The fourth-order valence-corrected chi connectivity index (χ4v) is 3.20. The molecule has 0 spiro atoms. The van der Waals surface area contributed by atoms with Gasteiger partial charge in [0.2, 0.25) is 0 Å². The Balaban J connectivity index is 1.63. The monoisotopic (exact) mass is 398 g/mol. The maximum atomic E-state index is 13.0. The SMILES string of the molecule is COc1ccccc1OCC(=O)Nc1cccc(C(=O)N2CCOCC2(C)C)c1. The highest BCUT2D eigenvalue weighted by atomic mass is 16.5. The number of amides is 2. The third-order valence-electron chi connectivity index (χ3n) is 4.71. The molecule has 29 heavy (non-hydrogen) atoms. The molecule has 7 heteroatoms. The van der Waals surface area contributed by atoms with Crippen LogP contribution >= 0.6 is 0 Å². The highest BCUT2D eigenvalue weighted by Crippen LogP contribution is 2.26. The lowest BCUT2D eigenvalue weighted by atomic mass is 10.0. The molecule has 0 radical (unpaired) electrons. The van der Waals surface area contributed by atoms with E-state index in [0.717, 1.165) is 0 Å². The number of anilines is 1. The van der Waals surface area contributed by atoms with Crippen LogP contribution in [-0.2, 0) is 9.53 Å². The van der Waals surface area contributed by atoms with Crippen molar-refractivity contribution in [3.05, 3.63) is 54.1 Å². The number of rotatable bonds is 6. The van der Waals surface area contributed by atoms with Gasteiger partial charge in [-0.15, -0.1) is 0 Å². The van der Waals surface area contributed by atoms with E-state index >= 15 is 0 Å². The molecular weight excluding hydrogens is 372 g/mol. The molecule has 0 aliphatic carbocycles. The fourth-order valence-electron chi connectivity index (χ4n) is 3.20.